The van der Waals surface area contributed by atoms with Gasteiger partial charge in [0.15, 0.2) is 0 Å². The fourth-order valence-electron chi connectivity index (χ4n) is 2.22. The summed E-state index contributed by atoms with van der Waals surface area (Å²) in [5.41, 5.74) is 3.16. The van der Waals surface area contributed by atoms with Gasteiger partial charge in [-0.1, -0.05) is 43.7 Å². The average Bonchev–Trinajstić information content (AvgIpc) is 2.79. The highest BCUT2D eigenvalue weighted by Crippen LogP contribution is 2.55. The van der Waals surface area contributed by atoms with Gasteiger partial charge >= 0.3 is 0 Å². The lowest BCUT2D eigenvalue weighted by Gasteiger charge is -2.11. The lowest BCUT2D eigenvalue weighted by Crippen LogP contribution is -2.09. The van der Waals surface area contributed by atoms with Gasteiger partial charge in [-0.05, 0) is 36.7 Å². The van der Waals surface area contributed by atoms with Crippen molar-refractivity contribution in [3.05, 3.63) is 35.4 Å². The molecule has 2 unspecified atom stereocenters. The first-order chi connectivity index (χ1) is 6.99. The maximum atomic E-state index is 6.44. The van der Waals surface area contributed by atoms with Gasteiger partial charge < -0.3 is 0 Å². The Morgan fingerprint density at radius 2 is 1.87 bits per heavy atom. The molecule has 1 aromatic rings. The molecule has 0 bridgehead atoms. The predicted molar refractivity (Wildman–Crippen MR) is 66.4 cm³/mol. The first kappa shape index (κ1) is 11.0. The number of hydrogen-bond acceptors (Lipinski definition) is 0. The maximum absolute atomic E-state index is 6.44. The standard InChI is InChI=1S/C14H19Cl/c1-10-4-6-11(7-5-10)8-13(15)12-9-14(12,2)3/h4-7,12-13H,8-9H2,1-3H3. The summed E-state index contributed by atoms with van der Waals surface area (Å²) in [6.45, 7) is 6.73. The third kappa shape index (κ3) is 2.55. The lowest BCUT2D eigenvalue weighted by atomic mass is 10.0. The van der Waals surface area contributed by atoms with Crippen LogP contribution in [0.25, 0.3) is 0 Å². The van der Waals surface area contributed by atoms with Crippen LogP contribution < -0.4 is 0 Å². The zero-order valence-corrected chi connectivity index (χ0v) is 10.5. The van der Waals surface area contributed by atoms with Crippen LogP contribution in [0.3, 0.4) is 0 Å². The average molecular weight is 223 g/mol. The molecule has 1 aliphatic carbocycles. The molecule has 82 valence electrons. The number of alkyl halides is 1. The highest BCUT2D eigenvalue weighted by molar-refractivity contribution is 6.21. The fourth-order valence-corrected chi connectivity index (χ4v) is 2.83. The van der Waals surface area contributed by atoms with E-state index in [0.717, 1.165) is 6.42 Å². The van der Waals surface area contributed by atoms with Crippen molar-refractivity contribution in [3.8, 4) is 0 Å². The van der Waals surface area contributed by atoms with Crippen LogP contribution in [0.4, 0.5) is 0 Å². The summed E-state index contributed by atoms with van der Waals surface area (Å²) in [5, 5.41) is 0.308. The zero-order chi connectivity index (χ0) is 11.1. The van der Waals surface area contributed by atoms with Gasteiger partial charge in [0.05, 0.1) is 0 Å². The van der Waals surface area contributed by atoms with E-state index >= 15 is 0 Å². The van der Waals surface area contributed by atoms with Crippen molar-refractivity contribution in [1.82, 2.24) is 0 Å². The SMILES string of the molecule is Cc1ccc(CC(Cl)C2CC2(C)C)cc1. The fraction of sp³-hybridized carbons (Fsp3) is 0.571. The van der Waals surface area contributed by atoms with E-state index in [0.29, 0.717) is 16.7 Å². The lowest BCUT2D eigenvalue weighted by molar-refractivity contribution is 0.538. The summed E-state index contributed by atoms with van der Waals surface area (Å²) in [4.78, 5) is 0. The molecule has 0 N–H and O–H groups in total. The topological polar surface area (TPSA) is 0 Å². The molecule has 1 heteroatoms. The quantitative estimate of drug-likeness (QED) is 0.673. The van der Waals surface area contributed by atoms with Gasteiger partial charge in [0.1, 0.15) is 0 Å². The zero-order valence-electron chi connectivity index (χ0n) is 9.76. The normalized spacial score (nSPS) is 24.9. The first-order valence-electron chi connectivity index (χ1n) is 5.69. The smallest absolute Gasteiger partial charge is 0.0409 e. The van der Waals surface area contributed by atoms with Crippen LogP contribution >= 0.6 is 11.6 Å². The Balaban J connectivity index is 1.95. The second-order valence-electron chi connectivity index (χ2n) is 5.50. The largest absolute Gasteiger partial charge is 0.122 e. The summed E-state index contributed by atoms with van der Waals surface area (Å²) < 4.78 is 0. The molecular formula is C14H19Cl. The van der Waals surface area contributed by atoms with E-state index < -0.39 is 0 Å². The number of rotatable bonds is 3. The predicted octanol–water partition coefficient (Wildman–Crippen LogP) is 4.19. The first-order valence-corrected chi connectivity index (χ1v) is 6.12. The van der Waals surface area contributed by atoms with E-state index in [-0.39, 0.29) is 0 Å². The number of halogens is 1. The van der Waals surface area contributed by atoms with Gasteiger partial charge in [-0.2, -0.15) is 0 Å². The molecule has 0 aromatic heterocycles. The molecule has 0 saturated heterocycles. The Kier molecular flexibility index (Phi) is 2.81. The van der Waals surface area contributed by atoms with Crippen LogP contribution in [0.5, 0.6) is 0 Å². The minimum atomic E-state index is 0.308. The molecule has 1 aliphatic rings. The third-order valence-corrected chi connectivity index (χ3v) is 4.04. The molecule has 1 fully saturated rings. The summed E-state index contributed by atoms with van der Waals surface area (Å²) in [6.07, 6.45) is 2.29. The highest BCUT2D eigenvalue weighted by atomic mass is 35.5. The van der Waals surface area contributed by atoms with Crippen LogP contribution in [0.15, 0.2) is 24.3 Å². The summed E-state index contributed by atoms with van der Waals surface area (Å²) >= 11 is 6.44. The van der Waals surface area contributed by atoms with Crippen LogP contribution in [0.2, 0.25) is 0 Å². The van der Waals surface area contributed by atoms with Crippen molar-refractivity contribution in [3.63, 3.8) is 0 Å². The van der Waals surface area contributed by atoms with E-state index in [2.05, 4.69) is 45.0 Å². The molecule has 2 rings (SSSR count). The molecule has 0 spiro atoms. The van der Waals surface area contributed by atoms with E-state index in [9.17, 15) is 0 Å². The second-order valence-corrected chi connectivity index (χ2v) is 6.07. The Labute approximate surface area is 97.6 Å². The van der Waals surface area contributed by atoms with E-state index in [1.807, 2.05) is 0 Å². The minimum absolute atomic E-state index is 0.308. The van der Waals surface area contributed by atoms with E-state index in [1.165, 1.54) is 17.5 Å². The van der Waals surface area contributed by atoms with Crippen molar-refractivity contribution >= 4 is 11.6 Å². The van der Waals surface area contributed by atoms with Gasteiger partial charge in [0.25, 0.3) is 0 Å². The molecule has 0 radical (unpaired) electrons. The number of benzene rings is 1. The highest BCUT2D eigenvalue weighted by Gasteiger charge is 2.49. The van der Waals surface area contributed by atoms with Crippen LogP contribution in [0, 0.1) is 18.3 Å². The Morgan fingerprint density at radius 1 is 1.33 bits per heavy atom. The summed E-state index contributed by atoms with van der Waals surface area (Å²) in [5.74, 6) is 0.709. The number of hydrogen-bond donors (Lipinski definition) is 0. The summed E-state index contributed by atoms with van der Waals surface area (Å²) in [6, 6.07) is 8.72. The Bertz CT molecular complexity index is 337. The molecule has 1 saturated carbocycles. The molecule has 0 heterocycles. The summed E-state index contributed by atoms with van der Waals surface area (Å²) in [7, 11) is 0. The van der Waals surface area contributed by atoms with Crippen LogP contribution in [-0.2, 0) is 6.42 Å². The molecular weight excluding hydrogens is 204 g/mol. The Hall–Kier alpha value is -0.490. The van der Waals surface area contributed by atoms with Crippen molar-refractivity contribution in [2.75, 3.05) is 0 Å². The van der Waals surface area contributed by atoms with Crippen molar-refractivity contribution in [2.45, 2.75) is 39.0 Å². The molecule has 15 heavy (non-hydrogen) atoms. The maximum Gasteiger partial charge on any atom is 0.0409 e. The van der Waals surface area contributed by atoms with Gasteiger partial charge in [0, 0.05) is 5.38 Å². The van der Waals surface area contributed by atoms with Crippen molar-refractivity contribution < 1.29 is 0 Å². The minimum Gasteiger partial charge on any atom is -0.122 e. The van der Waals surface area contributed by atoms with Gasteiger partial charge in [0.2, 0.25) is 0 Å². The molecule has 0 nitrogen and oxygen atoms in total. The second kappa shape index (κ2) is 3.83. The molecule has 0 aliphatic heterocycles. The van der Waals surface area contributed by atoms with Gasteiger partial charge in [-0.15, -0.1) is 11.6 Å². The van der Waals surface area contributed by atoms with Crippen molar-refractivity contribution in [2.24, 2.45) is 11.3 Å². The number of aryl methyl sites for hydroxylation is 1. The van der Waals surface area contributed by atoms with E-state index in [4.69, 9.17) is 11.6 Å². The molecule has 1 aromatic carbocycles. The van der Waals surface area contributed by atoms with Crippen LogP contribution in [-0.4, -0.2) is 5.38 Å². The van der Waals surface area contributed by atoms with E-state index in [1.54, 1.807) is 0 Å². The molecule has 2 atom stereocenters. The monoisotopic (exact) mass is 222 g/mol. The van der Waals surface area contributed by atoms with Gasteiger partial charge in [-0.25, -0.2) is 0 Å². The third-order valence-electron chi connectivity index (χ3n) is 3.58. The Morgan fingerprint density at radius 3 is 2.33 bits per heavy atom. The molecule has 0 amide bonds. The van der Waals surface area contributed by atoms with Crippen molar-refractivity contribution in [1.29, 1.82) is 0 Å². The van der Waals surface area contributed by atoms with Crippen LogP contribution in [0.1, 0.15) is 31.4 Å². The van der Waals surface area contributed by atoms with Gasteiger partial charge in [-0.3, -0.25) is 0 Å².